The van der Waals surface area contributed by atoms with Gasteiger partial charge in [-0.2, -0.15) is 0 Å². The number of imidazole rings is 1. The smallest absolute Gasteiger partial charge is 0.408 e. The molecule has 15 heavy (non-hydrogen) atoms. The van der Waals surface area contributed by atoms with E-state index in [1.54, 1.807) is 0 Å². The van der Waals surface area contributed by atoms with Gasteiger partial charge in [-0.05, 0) is 0 Å². The second-order valence-corrected chi connectivity index (χ2v) is 3.30. The zero-order valence-electron chi connectivity index (χ0n) is 7.67. The van der Waals surface area contributed by atoms with E-state index in [-0.39, 0.29) is 13.0 Å². The molecule has 7 heteroatoms. The minimum absolute atomic E-state index is 0.0433. The minimum atomic E-state index is -1.23. The molecule has 1 amide bonds. The third kappa shape index (κ3) is 1.51. The first-order valence-corrected chi connectivity index (χ1v) is 4.33. The van der Waals surface area contributed by atoms with E-state index in [1.807, 2.05) is 0 Å². The van der Waals surface area contributed by atoms with Crippen molar-refractivity contribution in [3.05, 3.63) is 17.7 Å². The molecule has 0 unspecified atom stereocenters. The number of aromatic nitrogens is 2. The van der Waals surface area contributed by atoms with Gasteiger partial charge in [0.15, 0.2) is 0 Å². The number of carbonyl (C=O) groups is 2. The van der Waals surface area contributed by atoms with Crippen molar-refractivity contribution in [2.24, 2.45) is 0 Å². The van der Waals surface area contributed by atoms with Gasteiger partial charge in [-0.25, -0.2) is 14.6 Å². The Hall–Kier alpha value is -2.05. The van der Waals surface area contributed by atoms with Crippen LogP contribution in [0.25, 0.3) is 0 Å². The first kappa shape index (κ1) is 9.50. The molecule has 0 saturated heterocycles. The average Bonchev–Trinajstić information content (AvgIpc) is 2.61. The van der Waals surface area contributed by atoms with Crippen molar-refractivity contribution >= 4 is 12.1 Å². The molecule has 3 N–H and O–H groups in total. The first-order chi connectivity index (χ1) is 7.09. The average molecular weight is 211 g/mol. The Labute approximate surface area is 84.4 Å². The molecular weight excluding hydrogens is 202 g/mol. The van der Waals surface area contributed by atoms with Crippen LogP contribution in [0.4, 0.5) is 4.79 Å². The zero-order valence-corrected chi connectivity index (χ0v) is 7.67. The second kappa shape index (κ2) is 3.26. The van der Waals surface area contributed by atoms with Crippen LogP contribution in [-0.4, -0.2) is 43.2 Å². The lowest BCUT2D eigenvalue weighted by atomic mass is 10.0. The van der Waals surface area contributed by atoms with Gasteiger partial charge in [-0.3, -0.25) is 4.90 Å². The molecule has 2 rings (SSSR count). The first-order valence-electron chi connectivity index (χ1n) is 4.33. The Morgan fingerprint density at radius 3 is 2.87 bits per heavy atom. The Balaban J connectivity index is 2.33. The molecule has 0 spiro atoms. The fraction of sp³-hybridized carbons (Fsp3) is 0.375. The van der Waals surface area contributed by atoms with Gasteiger partial charge in [0.25, 0.3) is 0 Å². The molecule has 0 bridgehead atoms. The van der Waals surface area contributed by atoms with Gasteiger partial charge >= 0.3 is 12.1 Å². The SMILES string of the molecule is O=C(O)[C@@H]1Cc2nc[nH]c2CN1C(=O)O. The molecule has 0 radical (unpaired) electrons. The number of aromatic amines is 1. The highest BCUT2D eigenvalue weighted by atomic mass is 16.4. The topological polar surface area (TPSA) is 107 Å². The number of rotatable bonds is 1. The molecule has 0 aliphatic carbocycles. The van der Waals surface area contributed by atoms with Gasteiger partial charge in [0, 0.05) is 6.42 Å². The van der Waals surface area contributed by atoms with Crippen molar-refractivity contribution < 1.29 is 19.8 Å². The number of carboxylic acid groups (broad SMARTS) is 2. The van der Waals surface area contributed by atoms with Crippen molar-refractivity contribution in [3.63, 3.8) is 0 Å². The highest BCUT2D eigenvalue weighted by Crippen LogP contribution is 2.20. The van der Waals surface area contributed by atoms with E-state index in [0.717, 1.165) is 4.90 Å². The summed E-state index contributed by atoms with van der Waals surface area (Å²) >= 11 is 0. The third-order valence-electron chi connectivity index (χ3n) is 2.43. The minimum Gasteiger partial charge on any atom is -0.480 e. The number of H-pyrrole nitrogens is 1. The fourth-order valence-electron chi connectivity index (χ4n) is 1.66. The quantitative estimate of drug-likeness (QED) is 0.601. The number of nitrogens with zero attached hydrogens (tertiary/aromatic N) is 2. The third-order valence-corrected chi connectivity index (χ3v) is 2.43. The molecule has 0 aromatic carbocycles. The van der Waals surface area contributed by atoms with Gasteiger partial charge in [0.2, 0.25) is 0 Å². The largest absolute Gasteiger partial charge is 0.480 e. The molecule has 7 nitrogen and oxygen atoms in total. The van der Waals surface area contributed by atoms with Crippen molar-refractivity contribution in [2.75, 3.05) is 0 Å². The standard InChI is InChI=1S/C8H9N3O4/c12-7(13)6-1-4-5(10-3-9-4)2-11(6)8(14)15/h3,6H,1-2H2,(H,9,10)(H,12,13)(H,14,15)/t6-/m0/s1. The van der Waals surface area contributed by atoms with Crippen molar-refractivity contribution in [3.8, 4) is 0 Å². The van der Waals surface area contributed by atoms with E-state index in [0.29, 0.717) is 11.4 Å². The van der Waals surface area contributed by atoms with Crippen LogP contribution in [0.2, 0.25) is 0 Å². The zero-order chi connectivity index (χ0) is 11.0. The molecule has 1 atom stereocenters. The number of hydrogen-bond acceptors (Lipinski definition) is 3. The summed E-state index contributed by atoms with van der Waals surface area (Å²) in [5, 5.41) is 17.7. The summed E-state index contributed by atoms with van der Waals surface area (Å²) < 4.78 is 0. The molecule has 80 valence electrons. The van der Waals surface area contributed by atoms with Crippen LogP contribution >= 0.6 is 0 Å². The summed E-state index contributed by atoms with van der Waals surface area (Å²) in [7, 11) is 0. The maximum atomic E-state index is 10.9. The summed E-state index contributed by atoms with van der Waals surface area (Å²) in [4.78, 5) is 29.3. The Morgan fingerprint density at radius 1 is 1.53 bits per heavy atom. The molecule has 1 aromatic rings. The highest BCUT2D eigenvalue weighted by Gasteiger charge is 2.35. The molecule has 1 aliphatic rings. The number of fused-ring (bicyclic) bond motifs is 1. The molecule has 0 fully saturated rings. The fourth-order valence-corrected chi connectivity index (χ4v) is 1.66. The van der Waals surface area contributed by atoms with Crippen molar-refractivity contribution in [1.29, 1.82) is 0 Å². The van der Waals surface area contributed by atoms with Crippen LogP contribution < -0.4 is 0 Å². The van der Waals surface area contributed by atoms with Crippen LogP contribution in [0.3, 0.4) is 0 Å². The molecule has 1 aliphatic heterocycles. The van der Waals surface area contributed by atoms with Crippen LogP contribution in [0, 0.1) is 0 Å². The lowest BCUT2D eigenvalue weighted by Crippen LogP contribution is -2.48. The summed E-state index contributed by atoms with van der Waals surface area (Å²) in [6.07, 6.45) is 0.317. The number of carboxylic acids is 1. The molecule has 2 heterocycles. The summed E-state index contributed by atoms with van der Waals surface area (Å²) in [6.45, 7) is 0.0433. The van der Waals surface area contributed by atoms with Gasteiger partial charge < -0.3 is 15.2 Å². The van der Waals surface area contributed by atoms with E-state index in [9.17, 15) is 9.59 Å². The summed E-state index contributed by atoms with van der Waals surface area (Å²) in [5.41, 5.74) is 1.29. The Morgan fingerprint density at radius 2 is 2.27 bits per heavy atom. The van der Waals surface area contributed by atoms with Crippen molar-refractivity contribution in [2.45, 2.75) is 19.0 Å². The summed E-state index contributed by atoms with van der Waals surface area (Å²) in [6, 6.07) is -1.04. The number of nitrogens with one attached hydrogen (secondary N) is 1. The molecule has 1 aromatic heterocycles. The van der Waals surface area contributed by atoms with E-state index >= 15 is 0 Å². The number of amides is 1. The van der Waals surface area contributed by atoms with Gasteiger partial charge in [0.05, 0.1) is 24.3 Å². The normalized spacial score (nSPS) is 19.7. The Kier molecular flexibility index (Phi) is 2.07. The number of hydrogen-bond donors (Lipinski definition) is 3. The van der Waals surface area contributed by atoms with E-state index in [4.69, 9.17) is 10.2 Å². The van der Waals surface area contributed by atoms with Gasteiger partial charge in [-0.15, -0.1) is 0 Å². The van der Waals surface area contributed by atoms with Crippen LogP contribution in [-0.2, 0) is 17.8 Å². The van der Waals surface area contributed by atoms with Crippen LogP contribution in [0.5, 0.6) is 0 Å². The molecular formula is C8H9N3O4. The Bertz CT molecular complexity index is 377. The van der Waals surface area contributed by atoms with Gasteiger partial charge in [0.1, 0.15) is 6.04 Å². The predicted octanol–water partition coefficient (Wildman–Crippen LogP) is -0.101. The lowest BCUT2D eigenvalue weighted by Gasteiger charge is -2.29. The highest BCUT2D eigenvalue weighted by molar-refractivity contribution is 5.80. The van der Waals surface area contributed by atoms with Crippen molar-refractivity contribution in [1.82, 2.24) is 14.9 Å². The predicted molar refractivity (Wildman–Crippen MR) is 47.3 cm³/mol. The maximum absolute atomic E-state index is 10.9. The summed E-state index contributed by atoms with van der Waals surface area (Å²) in [5.74, 6) is -1.15. The maximum Gasteiger partial charge on any atom is 0.408 e. The second-order valence-electron chi connectivity index (χ2n) is 3.30. The molecule has 0 saturated carbocycles. The van der Waals surface area contributed by atoms with E-state index in [2.05, 4.69) is 9.97 Å². The van der Waals surface area contributed by atoms with E-state index < -0.39 is 18.1 Å². The van der Waals surface area contributed by atoms with E-state index in [1.165, 1.54) is 6.33 Å². The lowest BCUT2D eigenvalue weighted by molar-refractivity contribution is -0.143. The van der Waals surface area contributed by atoms with Crippen LogP contribution in [0.1, 0.15) is 11.4 Å². The monoisotopic (exact) mass is 211 g/mol. The van der Waals surface area contributed by atoms with Crippen LogP contribution in [0.15, 0.2) is 6.33 Å². The van der Waals surface area contributed by atoms with Gasteiger partial charge in [-0.1, -0.05) is 0 Å². The number of aliphatic carboxylic acids is 1.